The topological polar surface area (TPSA) is 56.1 Å². The third-order valence-corrected chi connectivity index (χ3v) is 5.34. The van der Waals surface area contributed by atoms with Gasteiger partial charge in [-0.3, -0.25) is 4.79 Å². The van der Waals surface area contributed by atoms with Crippen LogP contribution in [0.25, 0.3) is 11.0 Å². The highest BCUT2D eigenvalue weighted by molar-refractivity contribution is 5.93. The van der Waals surface area contributed by atoms with Crippen molar-refractivity contribution in [1.82, 2.24) is 9.55 Å². The molecule has 5 heteroatoms. The summed E-state index contributed by atoms with van der Waals surface area (Å²) in [5.74, 6) is 2.07. The van der Waals surface area contributed by atoms with E-state index in [-0.39, 0.29) is 12.5 Å². The molecule has 1 saturated carbocycles. The van der Waals surface area contributed by atoms with Gasteiger partial charge < -0.3 is 14.6 Å². The number of methoxy groups -OCH3 is 1. The van der Waals surface area contributed by atoms with Crippen LogP contribution in [0.4, 0.5) is 5.69 Å². The normalized spacial score (nSPS) is 15.0. The van der Waals surface area contributed by atoms with Crippen molar-refractivity contribution in [2.24, 2.45) is 0 Å². The van der Waals surface area contributed by atoms with Gasteiger partial charge in [-0.1, -0.05) is 43.5 Å². The molecule has 140 valence electrons. The van der Waals surface area contributed by atoms with E-state index in [9.17, 15) is 4.79 Å². The number of carbonyl (C=O) groups excluding carboxylic acids is 1. The van der Waals surface area contributed by atoms with E-state index in [2.05, 4.69) is 9.88 Å². The first-order valence-corrected chi connectivity index (χ1v) is 9.64. The Bertz CT molecular complexity index is 942. The van der Waals surface area contributed by atoms with Gasteiger partial charge in [0.2, 0.25) is 5.91 Å². The summed E-state index contributed by atoms with van der Waals surface area (Å²) < 4.78 is 7.43. The van der Waals surface area contributed by atoms with Crippen LogP contribution in [0, 0.1) is 0 Å². The molecule has 1 amide bonds. The van der Waals surface area contributed by atoms with Gasteiger partial charge in [-0.05, 0) is 37.1 Å². The second kappa shape index (κ2) is 7.82. The Hall–Kier alpha value is -2.82. The second-order valence-corrected chi connectivity index (χ2v) is 7.13. The Morgan fingerprint density at radius 2 is 1.85 bits per heavy atom. The molecular weight excluding hydrogens is 338 g/mol. The fourth-order valence-corrected chi connectivity index (χ4v) is 4.01. The van der Waals surface area contributed by atoms with Crippen LogP contribution in [0.15, 0.2) is 48.5 Å². The summed E-state index contributed by atoms with van der Waals surface area (Å²) in [4.78, 5) is 17.7. The number of imidazole rings is 1. The van der Waals surface area contributed by atoms with Crippen LogP contribution in [-0.2, 0) is 11.3 Å². The Morgan fingerprint density at radius 1 is 1.11 bits per heavy atom. The van der Waals surface area contributed by atoms with Crippen LogP contribution < -0.4 is 10.1 Å². The van der Waals surface area contributed by atoms with E-state index in [1.54, 1.807) is 7.11 Å². The maximum Gasteiger partial charge on any atom is 0.244 e. The lowest BCUT2D eigenvalue weighted by Crippen LogP contribution is -2.22. The highest BCUT2D eigenvalue weighted by Crippen LogP contribution is 2.34. The number of anilines is 1. The SMILES string of the molecule is COc1ccccc1NC(=O)Cn1c(C2CCCCC2)nc2ccccc21. The summed E-state index contributed by atoms with van der Waals surface area (Å²) in [6.07, 6.45) is 6.07. The van der Waals surface area contributed by atoms with Gasteiger partial charge in [-0.25, -0.2) is 4.98 Å². The Labute approximate surface area is 159 Å². The van der Waals surface area contributed by atoms with Gasteiger partial charge in [0, 0.05) is 5.92 Å². The number of fused-ring (bicyclic) bond motifs is 1. The number of carbonyl (C=O) groups is 1. The van der Waals surface area contributed by atoms with Crippen molar-refractivity contribution in [2.75, 3.05) is 12.4 Å². The van der Waals surface area contributed by atoms with Gasteiger partial charge in [0.05, 0.1) is 23.8 Å². The van der Waals surface area contributed by atoms with Crippen LogP contribution in [0.5, 0.6) is 5.75 Å². The average Bonchev–Trinajstić information content (AvgIpc) is 3.07. The van der Waals surface area contributed by atoms with Crippen LogP contribution in [0.2, 0.25) is 0 Å². The van der Waals surface area contributed by atoms with E-state index < -0.39 is 0 Å². The number of ether oxygens (including phenoxy) is 1. The van der Waals surface area contributed by atoms with Gasteiger partial charge in [-0.2, -0.15) is 0 Å². The zero-order valence-corrected chi connectivity index (χ0v) is 15.6. The van der Waals surface area contributed by atoms with Gasteiger partial charge in [0.25, 0.3) is 0 Å². The number of hydrogen-bond acceptors (Lipinski definition) is 3. The molecule has 2 aromatic carbocycles. The lowest BCUT2D eigenvalue weighted by atomic mass is 9.88. The molecule has 3 aromatic rings. The molecule has 4 rings (SSSR count). The average molecular weight is 363 g/mol. The number of nitrogens with one attached hydrogen (secondary N) is 1. The first-order chi connectivity index (χ1) is 13.3. The molecule has 5 nitrogen and oxygen atoms in total. The zero-order valence-electron chi connectivity index (χ0n) is 15.6. The van der Waals surface area contributed by atoms with Crippen LogP contribution >= 0.6 is 0 Å². The molecular formula is C22H25N3O2. The molecule has 0 radical (unpaired) electrons. The lowest BCUT2D eigenvalue weighted by molar-refractivity contribution is -0.116. The molecule has 0 unspecified atom stereocenters. The quantitative estimate of drug-likeness (QED) is 0.713. The van der Waals surface area contributed by atoms with E-state index in [0.717, 1.165) is 29.7 Å². The Morgan fingerprint density at radius 3 is 2.67 bits per heavy atom. The van der Waals surface area contributed by atoms with Gasteiger partial charge in [0.1, 0.15) is 18.1 Å². The maximum atomic E-state index is 12.8. The monoisotopic (exact) mass is 363 g/mol. The summed E-state index contributed by atoms with van der Waals surface area (Å²) in [6.45, 7) is 0.254. The summed E-state index contributed by atoms with van der Waals surface area (Å²) >= 11 is 0. The molecule has 1 aliphatic rings. The molecule has 1 fully saturated rings. The van der Waals surface area contributed by atoms with Crippen LogP contribution in [0.1, 0.15) is 43.8 Å². The summed E-state index contributed by atoms with van der Waals surface area (Å²) in [5.41, 5.74) is 2.67. The standard InChI is InChI=1S/C22H25N3O2/c1-27-20-14-8-6-12-18(20)23-21(26)15-25-19-13-7-5-11-17(19)24-22(25)16-9-3-2-4-10-16/h5-8,11-14,16H,2-4,9-10,15H2,1H3,(H,23,26). The maximum absolute atomic E-state index is 12.8. The number of para-hydroxylation sites is 4. The van der Waals surface area contributed by atoms with Gasteiger partial charge in [-0.15, -0.1) is 0 Å². The minimum atomic E-state index is -0.0697. The Balaban J connectivity index is 1.63. The second-order valence-electron chi connectivity index (χ2n) is 7.13. The fourth-order valence-electron chi connectivity index (χ4n) is 4.01. The molecule has 27 heavy (non-hydrogen) atoms. The molecule has 0 atom stereocenters. The molecule has 1 heterocycles. The predicted octanol–water partition coefficient (Wildman–Crippen LogP) is 4.73. The van der Waals surface area contributed by atoms with Crippen molar-refractivity contribution >= 4 is 22.6 Å². The van der Waals surface area contributed by atoms with Crippen molar-refractivity contribution in [3.63, 3.8) is 0 Å². The van der Waals surface area contributed by atoms with Crippen molar-refractivity contribution in [3.05, 3.63) is 54.4 Å². The summed E-state index contributed by atoms with van der Waals surface area (Å²) in [7, 11) is 1.61. The number of benzene rings is 2. The largest absolute Gasteiger partial charge is 0.495 e. The van der Waals surface area contributed by atoms with E-state index in [4.69, 9.17) is 9.72 Å². The van der Waals surface area contributed by atoms with Crippen molar-refractivity contribution in [2.45, 2.75) is 44.6 Å². The molecule has 0 aliphatic heterocycles. The van der Waals surface area contributed by atoms with Crippen molar-refractivity contribution in [1.29, 1.82) is 0 Å². The highest BCUT2D eigenvalue weighted by atomic mass is 16.5. The predicted molar refractivity (Wildman–Crippen MR) is 107 cm³/mol. The van der Waals surface area contributed by atoms with Crippen molar-refractivity contribution < 1.29 is 9.53 Å². The molecule has 1 aliphatic carbocycles. The fraction of sp³-hybridized carbons (Fsp3) is 0.364. The number of aromatic nitrogens is 2. The lowest BCUT2D eigenvalue weighted by Gasteiger charge is -2.22. The van der Waals surface area contributed by atoms with E-state index in [0.29, 0.717) is 17.4 Å². The summed E-state index contributed by atoms with van der Waals surface area (Å²) in [6, 6.07) is 15.5. The number of rotatable bonds is 5. The molecule has 0 saturated heterocycles. The molecule has 1 N–H and O–H groups in total. The molecule has 0 spiro atoms. The van der Waals surface area contributed by atoms with E-state index in [1.807, 2.05) is 48.5 Å². The first-order valence-electron chi connectivity index (χ1n) is 9.64. The van der Waals surface area contributed by atoms with E-state index >= 15 is 0 Å². The molecule has 0 bridgehead atoms. The van der Waals surface area contributed by atoms with Gasteiger partial charge in [0.15, 0.2) is 0 Å². The summed E-state index contributed by atoms with van der Waals surface area (Å²) in [5, 5.41) is 2.98. The van der Waals surface area contributed by atoms with Gasteiger partial charge >= 0.3 is 0 Å². The molecule has 1 aromatic heterocycles. The van der Waals surface area contributed by atoms with Crippen molar-refractivity contribution in [3.8, 4) is 5.75 Å². The zero-order chi connectivity index (χ0) is 18.6. The third-order valence-electron chi connectivity index (χ3n) is 5.34. The number of nitrogens with zero attached hydrogens (tertiary/aromatic N) is 2. The van der Waals surface area contributed by atoms with Crippen LogP contribution in [-0.4, -0.2) is 22.6 Å². The smallest absolute Gasteiger partial charge is 0.244 e. The number of hydrogen-bond donors (Lipinski definition) is 1. The van der Waals surface area contributed by atoms with Crippen LogP contribution in [0.3, 0.4) is 0 Å². The Kier molecular flexibility index (Phi) is 5.10. The third kappa shape index (κ3) is 3.68. The minimum absolute atomic E-state index is 0.0697. The minimum Gasteiger partial charge on any atom is -0.495 e. The highest BCUT2D eigenvalue weighted by Gasteiger charge is 2.23. The van der Waals surface area contributed by atoms with E-state index in [1.165, 1.54) is 19.3 Å². The number of amides is 1. The first kappa shape index (κ1) is 17.6.